The molecule has 0 aromatic carbocycles. The number of fused-ring (bicyclic) bond motifs is 1. The maximum Gasteiger partial charge on any atom is 0.490 e. The van der Waals surface area contributed by atoms with Crippen LogP contribution >= 0.6 is 23.5 Å². The molecule has 190 valence electrons. The SMILES string of the molecule is [N-]=[N+]=NC1[C@]2(COP(=O)(O)OP(=O)(O)OP(=O)(O)O)O[C@@H](n3cc(F)c(N)nc3=O)[C@H](F)[C@@]12O. The summed E-state index contributed by atoms with van der Waals surface area (Å²) >= 11 is 0. The summed E-state index contributed by atoms with van der Waals surface area (Å²) in [6.45, 7) is -1.42. The summed E-state index contributed by atoms with van der Waals surface area (Å²) in [5.74, 6) is -2.12. The number of aromatic nitrogens is 2. The van der Waals surface area contributed by atoms with Crippen LogP contribution in [0.5, 0.6) is 0 Å². The number of phosphoric acid groups is 3. The highest BCUT2D eigenvalue weighted by Crippen LogP contribution is 2.69. The summed E-state index contributed by atoms with van der Waals surface area (Å²) in [4.78, 5) is 53.2. The highest BCUT2D eigenvalue weighted by Gasteiger charge is 2.88. The lowest BCUT2D eigenvalue weighted by atomic mass is 10.1. The summed E-state index contributed by atoms with van der Waals surface area (Å²) in [5, 5.41) is 13.7. The minimum atomic E-state index is -5.91. The van der Waals surface area contributed by atoms with E-state index in [1.54, 1.807) is 0 Å². The van der Waals surface area contributed by atoms with Gasteiger partial charge in [-0.15, -0.1) is 0 Å². The third-order valence-electron chi connectivity index (χ3n) is 4.69. The highest BCUT2D eigenvalue weighted by atomic mass is 31.3. The van der Waals surface area contributed by atoms with Crippen molar-refractivity contribution in [2.75, 3.05) is 12.3 Å². The lowest BCUT2D eigenvalue weighted by molar-refractivity contribution is -0.0821. The molecular formula is C10H13F2N6O13P3. The van der Waals surface area contributed by atoms with E-state index in [-0.39, 0.29) is 4.57 Å². The molecule has 0 radical (unpaired) electrons. The van der Waals surface area contributed by atoms with Gasteiger partial charge in [-0.2, -0.15) is 13.6 Å². The van der Waals surface area contributed by atoms with Gasteiger partial charge in [0.15, 0.2) is 24.0 Å². The normalized spacial score (nSPS) is 33.9. The first-order valence-electron chi connectivity index (χ1n) is 8.30. The van der Waals surface area contributed by atoms with Gasteiger partial charge in [0, 0.05) is 4.91 Å². The molecule has 7 atom stereocenters. The van der Waals surface area contributed by atoms with E-state index in [4.69, 9.17) is 30.7 Å². The predicted octanol–water partition coefficient (Wildman–Crippen LogP) is -0.663. The van der Waals surface area contributed by atoms with Crippen LogP contribution < -0.4 is 11.4 Å². The fourth-order valence-electron chi connectivity index (χ4n) is 3.31. The van der Waals surface area contributed by atoms with Crippen molar-refractivity contribution in [2.45, 2.75) is 29.6 Å². The van der Waals surface area contributed by atoms with Crippen molar-refractivity contribution in [3.05, 3.63) is 32.9 Å². The van der Waals surface area contributed by atoms with Crippen molar-refractivity contribution in [1.29, 1.82) is 0 Å². The van der Waals surface area contributed by atoms with Gasteiger partial charge in [0.05, 0.1) is 12.8 Å². The summed E-state index contributed by atoms with van der Waals surface area (Å²) in [7, 11) is -17.4. The fraction of sp³-hybridized carbons (Fsp3) is 0.600. The minimum absolute atomic E-state index is 0.236. The second kappa shape index (κ2) is 8.39. The Balaban J connectivity index is 1.87. The molecule has 1 aliphatic carbocycles. The van der Waals surface area contributed by atoms with Gasteiger partial charge in [-0.05, 0) is 5.53 Å². The molecule has 1 aromatic rings. The van der Waals surface area contributed by atoms with E-state index in [0.717, 1.165) is 0 Å². The van der Waals surface area contributed by atoms with Crippen molar-refractivity contribution >= 4 is 29.3 Å². The zero-order chi connectivity index (χ0) is 25.9. The van der Waals surface area contributed by atoms with Gasteiger partial charge < -0.3 is 35.2 Å². The van der Waals surface area contributed by atoms with Gasteiger partial charge in [-0.25, -0.2) is 27.3 Å². The number of rotatable bonds is 9. The van der Waals surface area contributed by atoms with Crippen LogP contribution in [0.1, 0.15) is 6.23 Å². The monoisotopic (exact) mass is 556 g/mol. The Morgan fingerprint density at radius 1 is 1.29 bits per heavy atom. The van der Waals surface area contributed by atoms with Crippen molar-refractivity contribution < 1.29 is 65.0 Å². The molecule has 7 N–H and O–H groups in total. The first-order valence-corrected chi connectivity index (χ1v) is 12.8. The number of azide groups is 1. The summed E-state index contributed by atoms with van der Waals surface area (Å²) in [6, 6.07) is -1.86. The molecule has 0 amide bonds. The molecule has 1 aromatic heterocycles. The van der Waals surface area contributed by atoms with Crippen LogP contribution in [0.3, 0.4) is 0 Å². The Morgan fingerprint density at radius 2 is 1.91 bits per heavy atom. The van der Waals surface area contributed by atoms with Gasteiger partial charge in [0.2, 0.25) is 0 Å². The second-order valence-corrected chi connectivity index (χ2v) is 11.2. The van der Waals surface area contributed by atoms with Crippen molar-refractivity contribution in [3.8, 4) is 0 Å². The van der Waals surface area contributed by atoms with Crippen molar-refractivity contribution in [3.63, 3.8) is 0 Å². The average molecular weight is 556 g/mol. The number of halogens is 2. The van der Waals surface area contributed by atoms with Crippen LogP contribution in [0.25, 0.3) is 10.4 Å². The number of aliphatic hydroxyl groups is 1. The van der Waals surface area contributed by atoms with E-state index in [1.807, 2.05) is 0 Å². The van der Waals surface area contributed by atoms with Gasteiger partial charge in [-0.3, -0.25) is 9.09 Å². The topological polar surface area (TPSA) is 299 Å². The summed E-state index contributed by atoms with van der Waals surface area (Å²) in [6.07, 6.45) is -4.42. The molecule has 24 heteroatoms. The Labute approximate surface area is 184 Å². The van der Waals surface area contributed by atoms with E-state index in [0.29, 0.717) is 6.20 Å². The van der Waals surface area contributed by atoms with Crippen LogP contribution in [0.4, 0.5) is 14.6 Å². The Hall–Kier alpha value is -1.82. The van der Waals surface area contributed by atoms with E-state index < -0.39 is 77.0 Å². The van der Waals surface area contributed by atoms with Gasteiger partial charge >= 0.3 is 29.2 Å². The number of nitrogens with zero attached hydrogens (tertiary/aromatic N) is 5. The lowest BCUT2D eigenvalue weighted by Crippen LogP contribution is -2.38. The predicted molar refractivity (Wildman–Crippen MR) is 98.3 cm³/mol. The zero-order valence-corrected chi connectivity index (χ0v) is 18.6. The van der Waals surface area contributed by atoms with E-state index in [9.17, 15) is 32.9 Å². The van der Waals surface area contributed by atoms with Crippen LogP contribution in [0.15, 0.2) is 16.1 Å². The molecule has 3 rings (SSSR count). The largest absolute Gasteiger partial charge is 0.490 e. The number of hydrogen-bond acceptors (Lipinski definition) is 12. The first kappa shape index (κ1) is 26.8. The van der Waals surface area contributed by atoms with E-state index >= 15 is 4.39 Å². The molecule has 1 saturated carbocycles. The number of alkyl halides is 1. The number of anilines is 1. The zero-order valence-electron chi connectivity index (χ0n) is 15.9. The molecule has 1 aliphatic heterocycles. The van der Waals surface area contributed by atoms with Crippen molar-refractivity contribution in [2.24, 2.45) is 5.11 Å². The molecule has 2 heterocycles. The number of ether oxygens (including phenoxy) is 1. The lowest BCUT2D eigenvalue weighted by Gasteiger charge is -2.23. The number of nitrogens with two attached hydrogens (primary N) is 1. The number of nitrogen functional groups attached to an aromatic ring is 1. The third-order valence-corrected chi connectivity index (χ3v) is 8.47. The first-order chi connectivity index (χ1) is 15.4. The summed E-state index contributed by atoms with van der Waals surface area (Å²) in [5.41, 5.74) is 7.08. The maximum atomic E-state index is 15.1. The molecule has 19 nitrogen and oxygen atoms in total. The molecule has 34 heavy (non-hydrogen) atoms. The molecule has 0 bridgehead atoms. The molecule has 2 fully saturated rings. The molecule has 0 spiro atoms. The van der Waals surface area contributed by atoms with Crippen LogP contribution in [-0.2, 0) is 31.6 Å². The number of phosphoric ester groups is 1. The van der Waals surface area contributed by atoms with Crippen LogP contribution in [0.2, 0.25) is 0 Å². The van der Waals surface area contributed by atoms with Crippen LogP contribution in [-0.4, -0.2) is 64.3 Å². The average Bonchev–Trinajstić information content (AvgIpc) is 3.06. The minimum Gasteiger partial charge on any atom is -0.383 e. The highest BCUT2D eigenvalue weighted by molar-refractivity contribution is 7.66. The Bertz CT molecular complexity index is 1270. The summed E-state index contributed by atoms with van der Waals surface area (Å²) < 4.78 is 79.6. The van der Waals surface area contributed by atoms with Crippen LogP contribution in [0, 0.1) is 5.82 Å². The van der Waals surface area contributed by atoms with Gasteiger partial charge in [0.1, 0.15) is 17.2 Å². The fourth-order valence-corrected chi connectivity index (χ4v) is 6.36. The quantitative estimate of drug-likeness (QED) is 0.0952. The number of hydrogen-bond donors (Lipinski definition) is 6. The third kappa shape index (κ3) is 4.67. The Morgan fingerprint density at radius 3 is 2.47 bits per heavy atom. The van der Waals surface area contributed by atoms with Crippen molar-refractivity contribution in [1.82, 2.24) is 9.55 Å². The molecule has 3 unspecified atom stereocenters. The smallest absolute Gasteiger partial charge is 0.383 e. The molecule has 2 aliphatic rings. The maximum absolute atomic E-state index is 15.1. The van der Waals surface area contributed by atoms with Gasteiger partial charge in [0.25, 0.3) is 0 Å². The second-order valence-electron chi connectivity index (χ2n) is 6.76. The van der Waals surface area contributed by atoms with E-state index in [1.165, 1.54) is 0 Å². The molecular weight excluding hydrogens is 543 g/mol. The van der Waals surface area contributed by atoms with E-state index in [2.05, 4.69) is 28.2 Å². The standard InChI is InChI=1S/C10H13F2N6O13P3/c11-3-1-18(8(19)15-5(3)13)6-4(12)10(20)7(16-17-14)9(10,29-6)2-28-33(24,25)31-34(26,27)30-32(21,22)23/h1,4,6-7,20H,2H2,(H,24,25)(H,26,27)(H2,13,15,19)(H2,21,22,23)/t4-,6+,7?,9-,10+/m0/s1. The molecule has 1 saturated heterocycles. The van der Waals surface area contributed by atoms with Gasteiger partial charge in [-0.1, -0.05) is 5.11 Å². The Kier molecular flexibility index (Phi) is 6.61.